The molecule has 3 atom stereocenters. The molecule has 3 unspecified atom stereocenters. The van der Waals surface area contributed by atoms with Gasteiger partial charge in [-0.25, -0.2) is 5.21 Å². The monoisotopic (exact) mass is 392 g/mol. The van der Waals surface area contributed by atoms with Gasteiger partial charge in [0.25, 0.3) is 0 Å². The third-order valence-corrected chi connectivity index (χ3v) is 5.90. The van der Waals surface area contributed by atoms with Gasteiger partial charge in [0.2, 0.25) is 11.8 Å². The zero-order chi connectivity index (χ0) is 20.3. The maximum atomic E-state index is 13.0. The average Bonchev–Trinajstić information content (AvgIpc) is 3.09. The topological polar surface area (TPSA) is 104 Å². The van der Waals surface area contributed by atoms with E-state index in [4.69, 9.17) is 0 Å². The van der Waals surface area contributed by atoms with Gasteiger partial charge in [-0.3, -0.25) is 9.59 Å². The lowest BCUT2D eigenvalue weighted by Gasteiger charge is -2.46. The Hall–Kier alpha value is -3.20. The number of aromatic amines is 1. The number of amides is 2. The maximum absolute atomic E-state index is 13.0. The molecular weight excluding hydrogens is 372 g/mol. The highest BCUT2D eigenvalue weighted by Gasteiger charge is 2.47. The smallest absolute Gasteiger partial charge is 0.245 e. The van der Waals surface area contributed by atoms with Gasteiger partial charge in [0.05, 0.1) is 12.6 Å². The van der Waals surface area contributed by atoms with Gasteiger partial charge >= 0.3 is 0 Å². The minimum atomic E-state index is -1.03. The summed E-state index contributed by atoms with van der Waals surface area (Å²) < 4.78 is 0. The number of quaternary nitrogens is 1. The third kappa shape index (κ3) is 2.65. The molecule has 3 aromatic rings. The molecule has 0 radical (unpaired) electrons. The number of hydrogen-bond acceptors (Lipinski definition) is 4. The van der Waals surface area contributed by atoms with E-state index in [2.05, 4.69) is 4.98 Å². The van der Waals surface area contributed by atoms with E-state index in [1.165, 1.54) is 11.0 Å². The van der Waals surface area contributed by atoms with Gasteiger partial charge in [-0.05, 0) is 17.2 Å². The standard InChI is InChI=1S/C21H20N4O4/c1-23-11-18(26)24-17(21(23)27)10-15-14-7-2-3-8-16(14)22-19(15)20(24)12-5-4-6-13(9-12)25(28)29/h2-9,17,20,22,25,28H,10-11H2,1H3. The number of H-pyrrole nitrogens is 1. The molecule has 1 saturated heterocycles. The van der Waals surface area contributed by atoms with Crippen molar-refractivity contribution in [3.8, 4) is 0 Å². The Bertz CT molecular complexity index is 1140. The molecular formula is C21H20N4O4. The summed E-state index contributed by atoms with van der Waals surface area (Å²) in [5.74, 6) is -0.243. The number of para-hydroxylation sites is 1. The van der Waals surface area contributed by atoms with Crippen molar-refractivity contribution in [3.63, 3.8) is 0 Å². The van der Waals surface area contributed by atoms with Crippen LogP contribution in [-0.2, 0) is 16.0 Å². The van der Waals surface area contributed by atoms with Crippen molar-refractivity contribution in [2.45, 2.75) is 18.5 Å². The number of aromatic nitrogens is 1. The molecule has 2 aliphatic rings. The summed E-state index contributed by atoms with van der Waals surface area (Å²) >= 11 is 0. The van der Waals surface area contributed by atoms with Crippen LogP contribution in [-0.4, -0.2) is 51.4 Å². The van der Waals surface area contributed by atoms with Crippen molar-refractivity contribution in [3.05, 3.63) is 70.6 Å². The first kappa shape index (κ1) is 17.9. The fourth-order valence-electron chi connectivity index (χ4n) is 4.59. The molecule has 2 aromatic carbocycles. The summed E-state index contributed by atoms with van der Waals surface area (Å²) in [6.07, 6.45) is 0.434. The van der Waals surface area contributed by atoms with Crippen LogP contribution in [0.4, 0.5) is 5.69 Å². The Morgan fingerprint density at radius 2 is 1.97 bits per heavy atom. The average molecular weight is 392 g/mol. The SMILES string of the molecule is CN1CC(=O)N2C(Cc3c([nH]c4ccccc34)C2c2cccc([NH+]([O-])O)c2)C1=O. The zero-order valence-corrected chi connectivity index (χ0v) is 15.8. The van der Waals surface area contributed by atoms with Crippen molar-refractivity contribution in [1.82, 2.24) is 14.8 Å². The van der Waals surface area contributed by atoms with Crippen molar-refractivity contribution < 1.29 is 20.0 Å². The molecule has 29 heavy (non-hydrogen) atoms. The minimum absolute atomic E-state index is 0.0139. The lowest BCUT2D eigenvalue weighted by molar-refractivity contribution is -0.991. The predicted molar refractivity (Wildman–Crippen MR) is 104 cm³/mol. The molecule has 5 rings (SSSR count). The highest BCUT2D eigenvalue weighted by atomic mass is 16.8. The van der Waals surface area contributed by atoms with E-state index in [0.717, 1.165) is 22.2 Å². The molecule has 8 heteroatoms. The van der Waals surface area contributed by atoms with Crippen LogP contribution in [0.1, 0.15) is 22.9 Å². The number of benzene rings is 2. The number of fused-ring (bicyclic) bond motifs is 4. The first-order valence-corrected chi connectivity index (χ1v) is 9.44. The summed E-state index contributed by atoms with van der Waals surface area (Å²) in [4.78, 5) is 32.5. The van der Waals surface area contributed by atoms with Crippen LogP contribution in [0, 0.1) is 5.21 Å². The lowest BCUT2D eigenvalue weighted by Crippen LogP contribution is -2.99. The van der Waals surface area contributed by atoms with Crippen LogP contribution in [0.5, 0.6) is 0 Å². The second-order valence-corrected chi connectivity index (χ2v) is 7.61. The van der Waals surface area contributed by atoms with Gasteiger partial charge < -0.3 is 20.0 Å². The van der Waals surface area contributed by atoms with E-state index in [0.29, 0.717) is 12.0 Å². The lowest BCUT2D eigenvalue weighted by atomic mass is 9.86. The van der Waals surface area contributed by atoms with Crippen LogP contribution < -0.4 is 5.23 Å². The normalized spacial score (nSPS) is 22.6. The van der Waals surface area contributed by atoms with E-state index < -0.39 is 17.3 Å². The summed E-state index contributed by atoms with van der Waals surface area (Å²) in [5, 5.41) is 20.9. The first-order valence-electron chi connectivity index (χ1n) is 9.44. The molecule has 3 heterocycles. The Morgan fingerprint density at radius 3 is 2.76 bits per heavy atom. The number of nitrogens with one attached hydrogen (secondary N) is 2. The minimum Gasteiger partial charge on any atom is -0.595 e. The molecule has 2 aliphatic heterocycles. The van der Waals surface area contributed by atoms with Crippen LogP contribution in [0.15, 0.2) is 48.5 Å². The molecule has 8 nitrogen and oxygen atoms in total. The number of nitrogens with zero attached hydrogens (tertiary/aromatic N) is 2. The molecule has 1 fully saturated rings. The van der Waals surface area contributed by atoms with E-state index in [1.54, 1.807) is 24.1 Å². The van der Waals surface area contributed by atoms with Gasteiger partial charge in [-0.1, -0.05) is 30.3 Å². The number of carbonyl (C=O) groups excluding carboxylic acids is 2. The quantitative estimate of drug-likeness (QED) is 0.564. The second kappa shape index (κ2) is 6.41. The van der Waals surface area contributed by atoms with Gasteiger partial charge in [0.1, 0.15) is 6.04 Å². The highest BCUT2D eigenvalue weighted by Crippen LogP contribution is 2.42. The predicted octanol–water partition coefficient (Wildman–Crippen LogP) is 0.886. The number of carbonyl (C=O) groups is 2. The Kier molecular flexibility index (Phi) is 3.95. The van der Waals surface area contributed by atoms with Crippen LogP contribution in [0.2, 0.25) is 0 Å². The fraction of sp³-hybridized carbons (Fsp3) is 0.238. The van der Waals surface area contributed by atoms with Crippen molar-refractivity contribution in [1.29, 1.82) is 0 Å². The van der Waals surface area contributed by atoms with Crippen molar-refractivity contribution >= 4 is 28.4 Å². The van der Waals surface area contributed by atoms with Gasteiger partial charge in [-0.15, -0.1) is 0 Å². The molecule has 0 aliphatic carbocycles. The summed E-state index contributed by atoms with van der Waals surface area (Å²) in [6, 6.07) is 13.3. The Labute approximate surface area is 166 Å². The molecule has 2 amide bonds. The number of piperazine rings is 1. The first-order chi connectivity index (χ1) is 14.0. The summed E-state index contributed by atoms with van der Waals surface area (Å²) in [7, 11) is 1.64. The van der Waals surface area contributed by atoms with Gasteiger partial charge in [0, 0.05) is 42.2 Å². The second-order valence-electron chi connectivity index (χ2n) is 7.61. The zero-order valence-electron chi connectivity index (χ0n) is 15.8. The Balaban J connectivity index is 1.75. The van der Waals surface area contributed by atoms with Gasteiger partial charge in [0.15, 0.2) is 5.69 Å². The molecule has 148 valence electrons. The van der Waals surface area contributed by atoms with Crippen LogP contribution in [0.25, 0.3) is 10.9 Å². The van der Waals surface area contributed by atoms with E-state index in [-0.39, 0.29) is 24.0 Å². The summed E-state index contributed by atoms with van der Waals surface area (Å²) in [5.41, 5.74) is 3.60. The fourth-order valence-corrected chi connectivity index (χ4v) is 4.59. The Morgan fingerprint density at radius 1 is 1.17 bits per heavy atom. The van der Waals surface area contributed by atoms with Crippen LogP contribution in [0.3, 0.4) is 0 Å². The number of likely N-dealkylation sites (N-methyl/N-ethyl adjacent to an activating group) is 1. The molecule has 3 N–H and O–H groups in total. The molecule has 0 saturated carbocycles. The largest absolute Gasteiger partial charge is 0.595 e. The maximum Gasteiger partial charge on any atom is 0.245 e. The van der Waals surface area contributed by atoms with E-state index in [1.807, 2.05) is 30.3 Å². The number of rotatable bonds is 2. The van der Waals surface area contributed by atoms with Crippen molar-refractivity contribution in [2.75, 3.05) is 13.6 Å². The van der Waals surface area contributed by atoms with E-state index in [9.17, 15) is 20.0 Å². The molecule has 1 aromatic heterocycles. The van der Waals surface area contributed by atoms with Gasteiger partial charge in [-0.2, -0.15) is 5.23 Å². The van der Waals surface area contributed by atoms with E-state index >= 15 is 0 Å². The number of hydrogen-bond donors (Lipinski definition) is 3. The summed E-state index contributed by atoms with van der Waals surface area (Å²) in [6.45, 7) is 0.0139. The molecule has 0 bridgehead atoms. The van der Waals surface area contributed by atoms with Crippen LogP contribution >= 0.6 is 0 Å². The van der Waals surface area contributed by atoms with Crippen molar-refractivity contribution in [2.24, 2.45) is 0 Å². The third-order valence-electron chi connectivity index (χ3n) is 5.90. The molecule has 0 spiro atoms. The highest BCUT2D eigenvalue weighted by molar-refractivity contribution is 5.97.